The van der Waals surface area contributed by atoms with Crippen LogP contribution in [0.5, 0.6) is 0 Å². The summed E-state index contributed by atoms with van der Waals surface area (Å²) in [7, 11) is 1.63. The maximum atomic E-state index is 12.3. The molecule has 0 unspecified atom stereocenters. The van der Waals surface area contributed by atoms with E-state index >= 15 is 0 Å². The number of hydrogen-bond donors (Lipinski definition) is 1. The van der Waals surface area contributed by atoms with Gasteiger partial charge in [-0.15, -0.1) is 11.3 Å². The molecule has 1 heterocycles. The normalized spacial score (nSPS) is 11.5. The Morgan fingerprint density at radius 3 is 2.70 bits per heavy atom. The van der Waals surface area contributed by atoms with Gasteiger partial charge in [0.05, 0.1) is 17.3 Å². The van der Waals surface area contributed by atoms with Gasteiger partial charge in [0.25, 0.3) is 5.91 Å². The van der Waals surface area contributed by atoms with Gasteiger partial charge in [-0.2, -0.15) is 0 Å². The summed E-state index contributed by atoms with van der Waals surface area (Å²) in [6.45, 7) is 7.48. The van der Waals surface area contributed by atoms with E-state index in [1.807, 2.05) is 24.3 Å². The highest BCUT2D eigenvalue weighted by atomic mass is 32.1. The third-order valence-corrected chi connectivity index (χ3v) is 4.42. The smallest absolute Gasteiger partial charge is 0.251 e. The van der Waals surface area contributed by atoms with Crippen molar-refractivity contribution in [3.05, 3.63) is 51.5 Å². The van der Waals surface area contributed by atoms with Crippen LogP contribution in [0.3, 0.4) is 0 Å². The molecule has 1 aromatic carbocycles. The predicted octanol–water partition coefficient (Wildman–Crippen LogP) is 3.56. The second kappa shape index (κ2) is 7.70. The van der Waals surface area contributed by atoms with E-state index in [-0.39, 0.29) is 11.3 Å². The Kier molecular flexibility index (Phi) is 5.91. The van der Waals surface area contributed by atoms with E-state index in [0.29, 0.717) is 18.7 Å². The van der Waals surface area contributed by atoms with Gasteiger partial charge in [-0.1, -0.05) is 39.0 Å². The summed E-state index contributed by atoms with van der Waals surface area (Å²) in [4.78, 5) is 17.0. The molecule has 1 N–H and O–H groups in total. The lowest BCUT2D eigenvalue weighted by atomic mass is 9.93. The number of ether oxygens (including phenoxy) is 1. The summed E-state index contributed by atoms with van der Waals surface area (Å²) >= 11 is 1.65. The standard InChI is InChI=1S/C18H24N2O2S/c1-18(2,3)15-12-23-16(20-15)9-10-19-17(21)14-8-6-5-7-13(14)11-22-4/h5-8,12H,9-11H2,1-4H3,(H,19,21). The molecule has 0 fully saturated rings. The zero-order valence-electron chi connectivity index (χ0n) is 14.2. The maximum Gasteiger partial charge on any atom is 0.251 e. The summed E-state index contributed by atoms with van der Waals surface area (Å²) in [5, 5.41) is 6.12. The molecular weight excluding hydrogens is 308 g/mol. The molecule has 2 rings (SSSR count). The SMILES string of the molecule is COCc1ccccc1C(=O)NCCc1nc(C(C)(C)C)cs1. The van der Waals surface area contributed by atoms with E-state index in [1.54, 1.807) is 18.4 Å². The number of carbonyl (C=O) groups excluding carboxylic acids is 1. The van der Waals surface area contributed by atoms with Crippen molar-refractivity contribution >= 4 is 17.2 Å². The molecule has 5 heteroatoms. The van der Waals surface area contributed by atoms with Crippen LogP contribution in [0.4, 0.5) is 0 Å². The van der Waals surface area contributed by atoms with Crippen molar-refractivity contribution < 1.29 is 9.53 Å². The van der Waals surface area contributed by atoms with Gasteiger partial charge in [0.15, 0.2) is 0 Å². The Balaban J connectivity index is 1.91. The van der Waals surface area contributed by atoms with Crippen molar-refractivity contribution in [3.63, 3.8) is 0 Å². The minimum atomic E-state index is -0.0646. The molecule has 0 atom stereocenters. The highest BCUT2D eigenvalue weighted by molar-refractivity contribution is 7.09. The van der Waals surface area contributed by atoms with Crippen LogP contribution >= 0.6 is 11.3 Å². The zero-order chi connectivity index (χ0) is 16.9. The molecule has 4 nitrogen and oxygen atoms in total. The van der Waals surface area contributed by atoms with E-state index in [4.69, 9.17) is 4.74 Å². The summed E-state index contributed by atoms with van der Waals surface area (Å²) in [6, 6.07) is 7.51. The van der Waals surface area contributed by atoms with Crippen LogP contribution in [-0.4, -0.2) is 24.5 Å². The first kappa shape index (κ1) is 17.6. The van der Waals surface area contributed by atoms with Gasteiger partial charge < -0.3 is 10.1 Å². The molecule has 0 spiro atoms. The summed E-state index contributed by atoms with van der Waals surface area (Å²) < 4.78 is 5.14. The first-order valence-corrected chi connectivity index (χ1v) is 8.59. The van der Waals surface area contributed by atoms with Gasteiger partial charge in [-0.3, -0.25) is 4.79 Å². The lowest BCUT2D eigenvalue weighted by Gasteiger charge is -2.14. The lowest BCUT2D eigenvalue weighted by Crippen LogP contribution is -2.26. The number of rotatable bonds is 6. The number of methoxy groups -OCH3 is 1. The average Bonchev–Trinajstić information content (AvgIpc) is 2.97. The van der Waals surface area contributed by atoms with Crippen LogP contribution < -0.4 is 5.32 Å². The number of thiazole rings is 1. The molecule has 0 aliphatic rings. The van der Waals surface area contributed by atoms with Crippen molar-refractivity contribution in [2.45, 2.75) is 39.2 Å². The van der Waals surface area contributed by atoms with Gasteiger partial charge in [-0.25, -0.2) is 4.98 Å². The van der Waals surface area contributed by atoms with Crippen molar-refractivity contribution in [1.29, 1.82) is 0 Å². The van der Waals surface area contributed by atoms with Crippen LogP contribution in [-0.2, 0) is 23.2 Å². The number of nitrogens with zero attached hydrogens (tertiary/aromatic N) is 1. The fourth-order valence-corrected chi connectivity index (χ4v) is 3.20. The Hall–Kier alpha value is -1.72. The quantitative estimate of drug-likeness (QED) is 0.880. The van der Waals surface area contributed by atoms with E-state index in [1.165, 1.54) is 0 Å². The second-order valence-electron chi connectivity index (χ2n) is 6.47. The minimum absolute atomic E-state index is 0.0646. The molecule has 0 bridgehead atoms. The largest absolute Gasteiger partial charge is 0.380 e. The van der Waals surface area contributed by atoms with Gasteiger partial charge >= 0.3 is 0 Å². The van der Waals surface area contributed by atoms with E-state index in [2.05, 4.69) is 36.5 Å². The molecule has 23 heavy (non-hydrogen) atoms. The molecule has 0 saturated carbocycles. The number of nitrogens with one attached hydrogen (secondary N) is 1. The topological polar surface area (TPSA) is 51.2 Å². The Morgan fingerprint density at radius 1 is 1.30 bits per heavy atom. The molecule has 0 radical (unpaired) electrons. The van der Waals surface area contributed by atoms with Crippen molar-refractivity contribution in [3.8, 4) is 0 Å². The van der Waals surface area contributed by atoms with E-state index in [9.17, 15) is 4.79 Å². The van der Waals surface area contributed by atoms with Gasteiger partial charge in [-0.05, 0) is 11.6 Å². The fourth-order valence-electron chi connectivity index (χ4n) is 2.17. The van der Waals surface area contributed by atoms with Gasteiger partial charge in [0.1, 0.15) is 0 Å². The Bertz CT molecular complexity index is 659. The van der Waals surface area contributed by atoms with Crippen LogP contribution in [0.1, 0.15) is 47.4 Å². The van der Waals surface area contributed by atoms with Crippen LogP contribution in [0, 0.1) is 0 Å². The summed E-state index contributed by atoms with van der Waals surface area (Å²) in [6.07, 6.45) is 0.749. The van der Waals surface area contributed by atoms with E-state index in [0.717, 1.165) is 22.7 Å². The third kappa shape index (κ3) is 4.88. The van der Waals surface area contributed by atoms with Crippen LogP contribution in [0.15, 0.2) is 29.6 Å². The highest BCUT2D eigenvalue weighted by Gasteiger charge is 2.17. The maximum absolute atomic E-state index is 12.3. The first-order valence-electron chi connectivity index (χ1n) is 7.71. The molecular formula is C18H24N2O2S. The lowest BCUT2D eigenvalue weighted by molar-refractivity contribution is 0.0949. The number of amides is 1. The van der Waals surface area contributed by atoms with Crippen molar-refractivity contribution in [1.82, 2.24) is 10.3 Å². The molecule has 124 valence electrons. The fraction of sp³-hybridized carbons (Fsp3) is 0.444. The molecule has 0 saturated heterocycles. The zero-order valence-corrected chi connectivity index (χ0v) is 15.0. The number of aromatic nitrogens is 1. The molecule has 1 amide bonds. The molecule has 2 aromatic rings. The van der Waals surface area contributed by atoms with Crippen molar-refractivity contribution in [2.24, 2.45) is 0 Å². The minimum Gasteiger partial charge on any atom is -0.380 e. The molecule has 1 aromatic heterocycles. The third-order valence-electron chi connectivity index (χ3n) is 3.51. The first-order chi connectivity index (χ1) is 10.9. The van der Waals surface area contributed by atoms with Gasteiger partial charge in [0, 0.05) is 36.4 Å². The van der Waals surface area contributed by atoms with Crippen molar-refractivity contribution in [2.75, 3.05) is 13.7 Å². The van der Waals surface area contributed by atoms with Gasteiger partial charge in [0.2, 0.25) is 0 Å². The average molecular weight is 332 g/mol. The van der Waals surface area contributed by atoms with Crippen LogP contribution in [0.2, 0.25) is 0 Å². The number of benzene rings is 1. The summed E-state index contributed by atoms with van der Waals surface area (Å²) in [5.74, 6) is -0.0646. The van der Waals surface area contributed by atoms with E-state index < -0.39 is 0 Å². The second-order valence-corrected chi connectivity index (χ2v) is 7.42. The molecule has 0 aliphatic heterocycles. The Labute approximate surface area is 141 Å². The molecule has 0 aliphatic carbocycles. The summed E-state index contributed by atoms with van der Waals surface area (Å²) in [5.41, 5.74) is 2.74. The monoisotopic (exact) mass is 332 g/mol. The number of carbonyl (C=O) groups is 1. The Morgan fingerprint density at radius 2 is 2.04 bits per heavy atom. The number of hydrogen-bond acceptors (Lipinski definition) is 4. The predicted molar refractivity (Wildman–Crippen MR) is 94.0 cm³/mol. The van der Waals surface area contributed by atoms with Crippen LogP contribution in [0.25, 0.3) is 0 Å². The highest BCUT2D eigenvalue weighted by Crippen LogP contribution is 2.23.